The molecule has 5 rings (SSSR count). The van der Waals surface area contributed by atoms with Gasteiger partial charge in [0.1, 0.15) is 0 Å². The number of thiazole rings is 1. The summed E-state index contributed by atoms with van der Waals surface area (Å²) in [6, 6.07) is 25.9. The Morgan fingerprint density at radius 1 is 0.889 bits per heavy atom. The molecule has 8 heteroatoms. The van der Waals surface area contributed by atoms with Gasteiger partial charge in [-0.3, -0.25) is 10.1 Å². The van der Waals surface area contributed by atoms with Gasteiger partial charge in [-0.05, 0) is 48.6 Å². The number of carbonyl (C=O) groups is 1. The van der Waals surface area contributed by atoms with Crippen molar-refractivity contribution in [3.8, 4) is 21.7 Å². The van der Waals surface area contributed by atoms with Crippen molar-refractivity contribution in [1.29, 1.82) is 0 Å². The van der Waals surface area contributed by atoms with Crippen molar-refractivity contribution in [2.24, 2.45) is 5.92 Å². The summed E-state index contributed by atoms with van der Waals surface area (Å²) in [4.78, 5) is 18.9. The second-order valence-corrected chi connectivity index (χ2v) is 11.9. The van der Waals surface area contributed by atoms with E-state index < -0.39 is 10.0 Å². The van der Waals surface area contributed by atoms with Crippen molar-refractivity contribution >= 4 is 32.4 Å². The number of benzene rings is 3. The number of nitrogens with zero attached hydrogens (tertiary/aromatic N) is 2. The first-order valence-electron chi connectivity index (χ1n) is 11.9. The third-order valence-corrected chi connectivity index (χ3v) is 9.36. The molecule has 0 atom stereocenters. The van der Waals surface area contributed by atoms with Crippen LogP contribution in [0.4, 0.5) is 5.13 Å². The smallest absolute Gasteiger partial charge is 0.257 e. The summed E-state index contributed by atoms with van der Waals surface area (Å²) in [6.07, 6.45) is 1.73. The van der Waals surface area contributed by atoms with Crippen LogP contribution in [0.5, 0.6) is 0 Å². The molecule has 0 unspecified atom stereocenters. The van der Waals surface area contributed by atoms with Gasteiger partial charge in [-0.2, -0.15) is 4.31 Å². The van der Waals surface area contributed by atoms with Crippen molar-refractivity contribution < 1.29 is 13.2 Å². The molecule has 0 saturated carbocycles. The number of hydrogen-bond donors (Lipinski definition) is 1. The standard InChI is InChI=1S/C28H27N3O3S2/c1-20-16-18-31(19-17-20)36(33,34)24-14-12-23(13-15-24)27(32)30-28-29-25(21-8-4-2-5-9-21)26(35-28)22-10-6-3-7-11-22/h2-15,20H,16-19H2,1H3,(H,29,30,32). The van der Waals surface area contributed by atoms with Gasteiger partial charge in [-0.1, -0.05) is 78.9 Å². The van der Waals surface area contributed by atoms with Gasteiger partial charge < -0.3 is 0 Å². The van der Waals surface area contributed by atoms with E-state index in [0.717, 1.165) is 34.5 Å². The summed E-state index contributed by atoms with van der Waals surface area (Å²) in [6.45, 7) is 3.21. The van der Waals surface area contributed by atoms with E-state index >= 15 is 0 Å². The molecule has 0 aliphatic carbocycles. The maximum absolute atomic E-state index is 13.0. The van der Waals surface area contributed by atoms with E-state index in [0.29, 0.717) is 29.7 Å². The van der Waals surface area contributed by atoms with Gasteiger partial charge in [-0.25, -0.2) is 13.4 Å². The second kappa shape index (κ2) is 10.3. The van der Waals surface area contributed by atoms with E-state index in [4.69, 9.17) is 4.98 Å². The summed E-state index contributed by atoms with van der Waals surface area (Å²) in [5.74, 6) is 0.205. The summed E-state index contributed by atoms with van der Waals surface area (Å²) in [5.41, 5.74) is 3.17. The normalized spacial score (nSPS) is 15.0. The lowest BCUT2D eigenvalue weighted by molar-refractivity contribution is 0.102. The Bertz CT molecular complexity index is 1390. The highest BCUT2D eigenvalue weighted by Gasteiger charge is 2.28. The van der Waals surface area contributed by atoms with Crippen LogP contribution in [-0.4, -0.2) is 36.7 Å². The molecule has 1 N–H and O–H groups in total. The third kappa shape index (κ3) is 5.11. The quantitative estimate of drug-likeness (QED) is 0.333. The second-order valence-electron chi connectivity index (χ2n) is 8.99. The summed E-state index contributed by atoms with van der Waals surface area (Å²) >= 11 is 1.41. The van der Waals surface area contributed by atoms with E-state index in [2.05, 4.69) is 12.2 Å². The van der Waals surface area contributed by atoms with Crippen LogP contribution in [-0.2, 0) is 10.0 Å². The lowest BCUT2D eigenvalue weighted by Crippen LogP contribution is -2.37. The molecule has 2 heterocycles. The van der Waals surface area contributed by atoms with Gasteiger partial charge in [0.15, 0.2) is 5.13 Å². The molecule has 1 aliphatic heterocycles. The van der Waals surface area contributed by atoms with Crippen LogP contribution in [0.3, 0.4) is 0 Å². The minimum atomic E-state index is -3.56. The average Bonchev–Trinajstić information content (AvgIpc) is 3.34. The molecule has 4 aromatic rings. The Morgan fingerprint density at radius 3 is 2.08 bits per heavy atom. The number of anilines is 1. The molecule has 0 bridgehead atoms. The Morgan fingerprint density at radius 2 is 1.47 bits per heavy atom. The molecular weight excluding hydrogens is 490 g/mol. The lowest BCUT2D eigenvalue weighted by atomic mass is 10.0. The summed E-state index contributed by atoms with van der Waals surface area (Å²) in [7, 11) is -3.56. The molecule has 0 spiro atoms. The highest BCUT2D eigenvalue weighted by Crippen LogP contribution is 2.39. The van der Waals surface area contributed by atoms with Crippen molar-refractivity contribution in [2.75, 3.05) is 18.4 Å². The number of sulfonamides is 1. The SMILES string of the molecule is CC1CCN(S(=O)(=O)c2ccc(C(=O)Nc3nc(-c4ccccc4)c(-c4ccccc4)s3)cc2)CC1. The summed E-state index contributed by atoms with van der Waals surface area (Å²) < 4.78 is 27.5. The van der Waals surface area contributed by atoms with Gasteiger partial charge in [0, 0.05) is 24.2 Å². The molecule has 36 heavy (non-hydrogen) atoms. The minimum absolute atomic E-state index is 0.209. The zero-order valence-electron chi connectivity index (χ0n) is 19.9. The van der Waals surface area contributed by atoms with Gasteiger partial charge in [0.05, 0.1) is 15.5 Å². The highest BCUT2D eigenvalue weighted by atomic mass is 32.2. The Kier molecular flexibility index (Phi) is 7.00. The molecule has 1 saturated heterocycles. The van der Waals surface area contributed by atoms with Crippen molar-refractivity contribution in [2.45, 2.75) is 24.7 Å². The Balaban J connectivity index is 1.37. The number of aromatic nitrogens is 1. The van der Waals surface area contributed by atoms with Gasteiger partial charge in [0.25, 0.3) is 5.91 Å². The molecule has 0 radical (unpaired) electrons. The van der Waals surface area contributed by atoms with Crippen LogP contribution in [0.1, 0.15) is 30.1 Å². The first kappa shape index (κ1) is 24.4. The van der Waals surface area contributed by atoms with Crippen LogP contribution in [0.2, 0.25) is 0 Å². The van der Waals surface area contributed by atoms with E-state index in [1.54, 1.807) is 12.1 Å². The number of nitrogens with one attached hydrogen (secondary N) is 1. The number of amides is 1. The minimum Gasteiger partial charge on any atom is -0.298 e. The Labute approximate surface area is 215 Å². The fraction of sp³-hybridized carbons (Fsp3) is 0.214. The molecule has 184 valence electrons. The zero-order valence-corrected chi connectivity index (χ0v) is 21.6. The van der Waals surface area contributed by atoms with Gasteiger partial charge in [-0.15, -0.1) is 0 Å². The van der Waals surface area contributed by atoms with Crippen LogP contribution >= 0.6 is 11.3 Å². The predicted octanol–water partition coefficient (Wildman–Crippen LogP) is 6.15. The topological polar surface area (TPSA) is 79.4 Å². The monoisotopic (exact) mass is 517 g/mol. The van der Waals surface area contributed by atoms with E-state index in [-0.39, 0.29) is 10.8 Å². The molecule has 3 aromatic carbocycles. The molecule has 6 nitrogen and oxygen atoms in total. The molecule has 1 aromatic heterocycles. The largest absolute Gasteiger partial charge is 0.298 e. The number of rotatable bonds is 6. The van der Waals surface area contributed by atoms with Crippen molar-refractivity contribution in [3.63, 3.8) is 0 Å². The van der Waals surface area contributed by atoms with Crippen LogP contribution < -0.4 is 5.32 Å². The number of hydrogen-bond acceptors (Lipinski definition) is 5. The maximum Gasteiger partial charge on any atom is 0.257 e. The van der Waals surface area contributed by atoms with Gasteiger partial charge >= 0.3 is 0 Å². The van der Waals surface area contributed by atoms with Crippen molar-refractivity contribution in [3.05, 3.63) is 90.5 Å². The van der Waals surface area contributed by atoms with Gasteiger partial charge in [0.2, 0.25) is 10.0 Å². The lowest BCUT2D eigenvalue weighted by Gasteiger charge is -2.29. The highest BCUT2D eigenvalue weighted by molar-refractivity contribution is 7.89. The van der Waals surface area contributed by atoms with Crippen LogP contribution in [0, 0.1) is 5.92 Å². The fourth-order valence-corrected chi connectivity index (χ4v) is 6.73. The Hall–Kier alpha value is -3.33. The molecule has 1 fully saturated rings. The zero-order chi connectivity index (χ0) is 25.1. The average molecular weight is 518 g/mol. The third-order valence-electron chi connectivity index (χ3n) is 6.43. The van der Waals surface area contributed by atoms with E-state index in [9.17, 15) is 13.2 Å². The van der Waals surface area contributed by atoms with E-state index in [1.165, 1.54) is 27.8 Å². The first-order valence-corrected chi connectivity index (χ1v) is 14.2. The van der Waals surface area contributed by atoms with Crippen LogP contribution in [0.25, 0.3) is 21.7 Å². The molecule has 1 amide bonds. The predicted molar refractivity (Wildman–Crippen MR) is 145 cm³/mol. The summed E-state index contributed by atoms with van der Waals surface area (Å²) in [5, 5.41) is 3.38. The van der Waals surface area contributed by atoms with Crippen molar-refractivity contribution in [1.82, 2.24) is 9.29 Å². The van der Waals surface area contributed by atoms with E-state index in [1.807, 2.05) is 60.7 Å². The first-order chi connectivity index (χ1) is 17.4. The number of piperidine rings is 1. The fourth-order valence-electron chi connectivity index (χ4n) is 4.27. The molecular formula is C28H27N3O3S2. The number of carbonyl (C=O) groups excluding carboxylic acids is 1. The van der Waals surface area contributed by atoms with Crippen LogP contribution in [0.15, 0.2) is 89.8 Å². The maximum atomic E-state index is 13.0. The molecule has 1 aliphatic rings.